The second kappa shape index (κ2) is 7.05. The molecule has 4 nitrogen and oxygen atoms in total. The Morgan fingerprint density at radius 3 is 2.00 bits per heavy atom. The molecule has 0 radical (unpaired) electrons. The van der Waals surface area contributed by atoms with E-state index in [1.807, 2.05) is 32.7 Å². The molecule has 5 heteroatoms. The fraction of sp³-hybridized carbons (Fsp3) is 0.933. The molecular weight excluding hydrogens is 270 g/mol. The molecule has 0 aromatic carbocycles. The largest absolute Gasteiger partial charge is 0.459 e. The lowest BCUT2D eigenvalue weighted by atomic mass is 10.2. The van der Waals surface area contributed by atoms with Gasteiger partial charge < -0.3 is 9.16 Å². The molecule has 0 aromatic heterocycles. The summed E-state index contributed by atoms with van der Waals surface area (Å²) < 4.78 is 11.4. The van der Waals surface area contributed by atoms with Gasteiger partial charge in [-0.15, -0.1) is 0 Å². The normalized spacial score (nSPS) is 13.7. The third-order valence-electron chi connectivity index (χ3n) is 3.56. The van der Waals surface area contributed by atoms with Gasteiger partial charge in [-0.1, -0.05) is 20.8 Å². The third-order valence-corrected chi connectivity index (χ3v) is 8.10. The fourth-order valence-corrected chi connectivity index (χ4v) is 2.38. The highest BCUT2D eigenvalue weighted by atomic mass is 28.4. The molecular formula is C15H33NO3Si. The van der Waals surface area contributed by atoms with Crippen LogP contribution in [-0.4, -0.2) is 51.5 Å². The van der Waals surface area contributed by atoms with E-state index in [4.69, 9.17) is 9.16 Å². The molecule has 20 heavy (non-hydrogen) atoms. The number of likely N-dealkylation sites (N-methyl/N-ethyl adjacent to an activating group) is 1. The number of carbonyl (C=O) groups is 1. The van der Waals surface area contributed by atoms with E-state index in [0.29, 0.717) is 13.2 Å². The molecule has 0 fully saturated rings. The highest BCUT2D eigenvalue weighted by Gasteiger charge is 2.36. The minimum atomic E-state index is -1.69. The van der Waals surface area contributed by atoms with Crippen molar-refractivity contribution < 1.29 is 14.0 Å². The second-order valence-corrected chi connectivity index (χ2v) is 12.7. The van der Waals surface area contributed by atoms with Gasteiger partial charge in [0, 0.05) is 13.2 Å². The number of rotatable bonds is 6. The molecule has 0 aliphatic heterocycles. The van der Waals surface area contributed by atoms with E-state index >= 15 is 0 Å². The molecule has 0 saturated carbocycles. The lowest BCUT2D eigenvalue weighted by Crippen LogP contribution is -2.43. The monoisotopic (exact) mass is 303 g/mol. The first-order valence-corrected chi connectivity index (χ1v) is 10.2. The van der Waals surface area contributed by atoms with Crippen LogP contribution >= 0.6 is 0 Å². The molecule has 0 N–H and O–H groups in total. The first kappa shape index (κ1) is 19.6. The molecule has 0 atom stereocenters. The number of ether oxygens (including phenoxy) is 1. The summed E-state index contributed by atoms with van der Waals surface area (Å²) >= 11 is 0. The summed E-state index contributed by atoms with van der Waals surface area (Å²) in [6.45, 7) is 18.5. The van der Waals surface area contributed by atoms with Crippen LogP contribution in [0.3, 0.4) is 0 Å². The molecule has 0 bridgehead atoms. The summed E-state index contributed by atoms with van der Waals surface area (Å²) in [4.78, 5) is 13.6. The summed E-state index contributed by atoms with van der Waals surface area (Å²) in [5.41, 5.74) is -0.421. The van der Waals surface area contributed by atoms with Gasteiger partial charge in [-0.25, -0.2) is 0 Å². The molecule has 0 unspecified atom stereocenters. The predicted molar refractivity (Wildman–Crippen MR) is 86.5 cm³/mol. The zero-order valence-corrected chi connectivity index (χ0v) is 15.8. The highest BCUT2D eigenvalue weighted by Crippen LogP contribution is 2.36. The van der Waals surface area contributed by atoms with Crippen LogP contribution in [0.25, 0.3) is 0 Å². The quantitative estimate of drug-likeness (QED) is 0.557. The maximum absolute atomic E-state index is 11.7. The van der Waals surface area contributed by atoms with Crippen molar-refractivity contribution in [2.45, 2.75) is 65.3 Å². The fourth-order valence-electron chi connectivity index (χ4n) is 1.35. The number of carbonyl (C=O) groups excluding carboxylic acids is 1. The number of hydrogen-bond donors (Lipinski definition) is 0. The van der Waals surface area contributed by atoms with Gasteiger partial charge in [-0.3, -0.25) is 9.69 Å². The van der Waals surface area contributed by atoms with Gasteiger partial charge in [-0.2, -0.15) is 0 Å². The minimum absolute atomic E-state index is 0.188. The molecule has 0 heterocycles. The Bertz CT molecular complexity index is 316. The maximum atomic E-state index is 11.7. The summed E-state index contributed by atoms with van der Waals surface area (Å²) in [7, 11) is 0.223. The smallest absolute Gasteiger partial charge is 0.320 e. The number of nitrogens with zero attached hydrogens (tertiary/aromatic N) is 1. The van der Waals surface area contributed by atoms with Crippen molar-refractivity contribution in [2.24, 2.45) is 0 Å². The van der Waals surface area contributed by atoms with E-state index in [1.54, 1.807) is 0 Å². The van der Waals surface area contributed by atoms with Gasteiger partial charge in [0.05, 0.1) is 6.54 Å². The Hall–Kier alpha value is -0.393. The number of esters is 1. The standard InChI is InChI=1S/C15H33NO3Si/c1-14(2,3)19-13(17)12-16(7)10-11-18-20(8,9)15(4,5)6/h10-12H2,1-9H3. The van der Waals surface area contributed by atoms with E-state index < -0.39 is 13.9 Å². The van der Waals surface area contributed by atoms with E-state index in [-0.39, 0.29) is 11.0 Å². The number of hydrogen-bond acceptors (Lipinski definition) is 4. The lowest BCUT2D eigenvalue weighted by molar-refractivity contribution is -0.155. The zero-order chi connectivity index (χ0) is 16.2. The summed E-state index contributed by atoms with van der Waals surface area (Å²) in [6.07, 6.45) is 0. The van der Waals surface area contributed by atoms with Crippen molar-refractivity contribution >= 4 is 14.3 Å². The van der Waals surface area contributed by atoms with E-state index in [9.17, 15) is 4.79 Å². The van der Waals surface area contributed by atoms with Crippen molar-refractivity contribution in [3.8, 4) is 0 Å². The molecule has 0 rings (SSSR count). The SMILES string of the molecule is CN(CCO[Si](C)(C)C(C)(C)C)CC(=O)OC(C)(C)C. The van der Waals surface area contributed by atoms with Crippen LogP contribution in [-0.2, 0) is 14.0 Å². The topological polar surface area (TPSA) is 38.8 Å². The zero-order valence-electron chi connectivity index (χ0n) is 14.8. The summed E-state index contributed by atoms with van der Waals surface area (Å²) in [5, 5.41) is 0.219. The van der Waals surface area contributed by atoms with E-state index in [1.165, 1.54) is 0 Å². The Labute approximate surface area is 126 Å². The van der Waals surface area contributed by atoms with Crippen LogP contribution in [0, 0.1) is 0 Å². The van der Waals surface area contributed by atoms with Gasteiger partial charge in [-0.05, 0) is 46.0 Å². The van der Waals surface area contributed by atoms with Gasteiger partial charge >= 0.3 is 5.97 Å². The van der Waals surface area contributed by atoms with Gasteiger partial charge in [0.2, 0.25) is 0 Å². The van der Waals surface area contributed by atoms with Crippen LogP contribution in [0.5, 0.6) is 0 Å². The van der Waals surface area contributed by atoms with E-state index in [2.05, 4.69) is 33.9 Å². The van der Waals surface area contributed by atoms with Crippen LogP contribution in [0.2, 0.25) is 18.1 Å². The van der Waals surface area contributed by atoms with Crippen molar-refractivity contribution in [2.75, 3.05) is 26.7 Å². The molecule has 0 spiro atoms. The average Bonchev–Trinajstić information content (AvgIpc) is 2.11. The van der Waals surface area contributed by atoms with Gasteiger partial charge in [0.25, 0.3) is 0 Å². The van der Waals surface area contributed by atoms with Crippen molar-refractivity contribution in [1.29, 1.82) is 0 Å². The third kappa shape index (κ3) is 8.02. The molecule has 0 amide bonds. The molecule has 120 valence electrons. The second-order valence-electron chi connectivity index (χ2n) is 7.93. The molecule has 0 saturated heterocycles. The van der Waals surface area contributed by atoms with Crippen molar-refractivity contribution in [3.63, 3.8) is 0 Å². The lowest BCUT2D eigenvalue weighted by Gasteiger charge is -2.36. The Morgan fingerprint density at radius 2 is 1.60 bits per heavy atom. The Morgan fingerprint density at radius 1 is 1.10 bits per heavy atom. The Balaban J connectivity index is 4.07. The highest BCUT2D eigenvalue weighted by molar-refractivity contribution is 6.74. The molecule has 0 aliphatic rings. The minimum Gasteiger partial charge on any atom is -0.459 e. The van der Waals surface area contributed by atoms with E-state index in [0.717, 1.165) is 6.54 Å². The van der Waals surface area contributed by atoms with Gasteiger partial charge in [0.15, 0.2) is 8.32 Å². The molecule has 0 aromatic rings. The van der Waals surface area contributed by atoms with Crippen molar-refractivity contribution in [3.05, 3.63) is 0 Å². The van der Waals surface area contributed by atoms with Crippen LogP contribution in [0.4, 0.5) is 0 Å². The predicted octanol–water partition coefficient (Wildman–Crippen LogP) is 3.28. The van der Waals surface area contributed by atoms with Crippen LogP contribution in [0.15, 0.2) is 0 Å². The van der Waals surface area contributed by atoms with Crippen LogP contribution in [0.1, 0.15) is 41.5 Å². The van der Waals surface area contributed by atoms with Crippen molar-refractivity contribution in [1.82, 2.24) is 4.90 Å². The first-order chi connectivity index (χ1) is 8.74. The maximum Gasteiger partial charge on any atom is 0.320 e. The summed E-state index contributed by atoms with van der Waals surface area (Å²) in [5.74, 6) is -0.188. The summed E-state index contributed by atoms with van der Waals surface area (Å²) in [6, 6.07) is 0. The Kier molecular flexibility index (Phi) is 6.91. The molecule has 0 aliphatic carbocycles. The van der Waals surface area contributed by atoms with Gasteiger partial charge in [0.1, 0.15) is 5.60 Å². The first-order valence-electron chi connectivity index (χ1n) is 7.29. The average molecular weight is 304 g/mol. The van der Waals surface area contributed by atoms with Crippen LogP contribution < -0.4 is 0 Å².